The number of fused-ring (bicyclic) bond motifs is 3. The van der Waals surface area contributed by atoms with Crippen LogP contribution in [0.15, 0.2) is 24.3 Å². The van der Waals surface area contributed by atoms with Gasteiger partial charge in [0.05, 0.1) is 0 Å². The molecule has 3 rings (SSSR count). The van der Waals surface area contributed by atoms with Crippen LogP contribution >= 0.6 is 0 Å². The molecule has 0 aliphatic heterocycles. The van der Waals surface area contributed by atoms with Gasteiger partial charge in [-0.1, -0.05) is 45.0 Å². The van der Waals surface area contributed by atoms with Gasteiger partial charge in [0.2, 0.25) is 0 Å². The standard InChI is InChI=1S/C19H29N/c1-19(2,3)12-11-16(20-4)18-15-10-9-13-7-5-6-8-14(13)17(15)18/h5-8,15-18,20H,9-12H2,1-4H3. The van der Waals surface area contributed by atoms with E-state index in [4.69, 9.17) is 0 Å². The molecule has 0 saturated heterocycles. The maximum atomic E-state index is 3.62. The molecule has 0 radical (unpaired) electrons. The maximum Gasteiger partial charge on any atom is 0.0101 e. The first kappa shape index (κ1) is 14.1. The van der Waals surface area contributed by atoms with Crippen molar-refractivity contribution in [1.82, 2.24) is 5.32 Å². The van der Waals surface area contributed by atoms with Crippen LogP contribution in [0.4, 0.5) is 0 Å². The van der Waals surface area contributed by atoms with Crippen LogP contribution in [0.2, 0.25) is 0 Å². The van der Waals surface area contributed by atoms with Crippen LogP contribution in [0.25, 0.3) is 0 Å². The van der Waals surface area contributed by atoms with Crippen molar-refractivity contribution in [3.05, 3.63) is 35.4 Å². The van der Waals surface area contributed by atoms with E-state index in [9.17, 15) is 0 Å². The van der Waals surface area contributed by atoms with E-state index in [-0.39, 0.29) is 0 Å². The van der Waals surface area contributed by atoms with Crippen LogP contribution in [0.1, 0.15) is 57.1 Å². The average molecular weight is 271 g/mol. The molecule has 1 heteroatoms. The van der Waals surface area contributed by atoms with Crippen LogP contribution < -0.4 is 5.32 Å². The van der Waals surface area contributed by atoms with Crippen molar-refractivity contribution in [3.8, 4) is 0 Å². The van der Waals surface area contributed by atoms with E-state index in [1.165, 1.54) is 25.7 Å². The van der Waals surface area contributed by atoms with Gasteiger partial charge in [0.1, 0.15) is 0 Å². The molecule has 1 aromatic rings. The summed E-state index contributed by atoms with van der Waals surface area (Å²) in [7, 11) is 2.16. The van der Waals surface area contributed by atoms with E-state index in [2.05, 4.69) is 57.4 Å². The molecular formula is C19H29N. The summed E-state index contributed by atoms with van der Waals surface area (Å²) in [6, 6.07) is 9.84. The zero-order chi connectivity index (χ0) is 14.3. The Labute approximate surface area is 124 Å². The van der Waals surface area contributed by atoms with E-state index >= 15 is 0 Å². The molecule has 1 saturated carbocycles. The number of hydrogen-bond acceptors (Lipinski definition) is 1. The minimum absolute atomic E-state index is 0.451. The Bertz CT molecular complexity index is 471. The highest BCUT2D eigenvalue weighted by atomic mass is 14.9. The van der Waals surface area contributed by atoms with Crippen molar-refractivity contribution in [2.45, 2.75) is 58.4 Å². The summed E-state index contributed by atoms with van der Waals surface area (Å²) in [4.78, 5) is 0. The van der Waals surface area contributed by atoms with Crippen molar-refractivity contribution in [3.63, 3.8) is 0 Å². The topological polar surface area (TPSA) is 12.0 Å². The highest BCUT2D eigenvalue weighted by Gasteiger charge is 2.55. The average Bonchev–Trinajstić information content (AvgIpc) is 3.13. The second kappa shape index (κ2) is 5.18. The molecule has 0 spiro atoms. The summed E-state index contributed by atoms with van der Waals surface area (Å²) < 4.78 is 0. The van der Waals surface area contributed by atoms with Gasteiger partial charge in [-0.15, -0.1) is 0 Å². The summed E-state index contributed by atoms with van der Waals surface area (Å²) in [5.41, 5.74) is 3.72. The van der Waals surface area contributed by atoms with E-state index in [1.54, 1.807) is 11.1 Å². The lowest BCUT2D eigenvalue weighted by Crippen LogP contribution is -2.30. The van der Waals surface area contributed by atoms with Crippen molar-refractivity contribution in [2.24, 2.45) is 17.3 Å². The SMILES string of the molecule is CNC(CCC(C)(C)C)C1C2CCc3ccccc3C21. The Balaban J connectivity index is 1.70. The Hall–Kier alpha value is -0.820. The Kier molecular flexibility index (Phi) is 3.66. The van der Waals surface area contributed by atoms with Gasteiger partial charge in [0, 0.05) is 6.04 Å². The Morgan fingerprint density at radius 1 is 1.25 bits per heavy atom. The van der Waals surface area contributed by atoms with E-state index < -0.39 is 0 Å². The quantitative estimate of drug-likeness (QED) is 0.857. The van der Waals surface area contributed by atoms with Gasteiger partial charge in [-0.2, -0.15) is 0 Å². The molecule has 0 bridgehead atoms. The monoisotopic (exact) mass is 271 g/mol. The summed E-state index contributed by atoms with van der Waals surface area (Å²) in [6.07, 6.45) is 5.33. The van der Waals surface area contributed by atoms with Crippen LogP contribution in [0, 0.1) is 17.3 Å². The first-order valence-electron chi connectivity index (χ1n) is 8.26. The molecule has 110 valence electrons. The lowest BCUT2D eigenvalue weighted by Gasteiger charge is -2.23. The third-order valence-electron chi connectivity index (χ3n) is 5.43. The highest BCUT2D eigenvalue weighted by Crippen LogP contribution is 2.61. The molecule has 0 heterocycles. The predicted molar refractivity (Wildman–Crippen MR) is 86.0 cm³/mol. The molecular weight excluding hydrogens is 242 g/mol. The number of aryl methyl sites for hydroxylation is 1. The van der Waals surface area contributed by atoms with Gasteiger partial charge in [-0.05, 0) is 67.0 Å². The molecule has 2 aliphatic rings. The summed E-state index contributed by atoms with van der Waals surface area (Å²) in [5.74, 6) is 2.67. The van der Waals surface area contributed by atoms with E-state index in [0.717, 1.165) is 17.8 Å². The highest BCUT2D eigenvalue weighted by molar-refractivity contribution is 5.40. The molecule has 4 atom stereocenters. The number of benzene rings is 1. The zero-order valence-electron chi connectivity index (χ0n) is 13.4. The Morgan fingerprint density at radius 2 is 2.00 bits per heavy atom. The molecule has 1 fully saturated rings. The molecule has 1 aromatic carbocycles. The normalized spacial score (nSPS) is 29.5. The van der Waals surface area contributed by atoms with Gasteiger partial charge in [-0.25, -0.2) is 0 Å². The van der Waals surface area contributed by atoms with Crippen molar-refractivity contribution in [2.75, 3.05) is 7.05 Å². The fraction of sp³-hybridized carbons (Fsp3) is 0.684. The van der Waals surface area contributed by atoms with Crippen LogP contribution in [-0.4, -0.2) is 13.1 Å². The summed E-state index contributed by atoms with van der Waals surface area (Å²) in [5, 5.41) is 3.62. The molecule has 0 aromatic heterocycles. The number of rotatable bonds is 4. The van der Waals surface area contributed by atoms with Gasteiger partial charge >= 0.3 is 0 Å². The summed E-state index contributed by atoms with van der Waals surface area (Å²) >= 11 is 0. The minimum atomic E-state index is 0.451. The predicted octanol–water partition coefficient (Wildman–Crippen LogP) is 4.38. The van der Waals surface area contributed by atoms with Crippen LogP contribution in [-0.2, 0) is 6.42 Å². The van der Waals surface area contributed by atoms with Crippen LogP contribution in [0.3, 0.4) is 0 Å². The molecule has 4 unspecified atom stereocenters. The number of hydrogen-bond donors (Lipinski definition) is 1. The van der Waals surface area contributed by atoms with E-state index in [0.29, 0.717) is 11.5 Å². The van der Waals surface area contributed by atoms with Gasteiger partial charge < -0.3 is 5.32 Å². The molecule has 0 amide bonds. The van der Waals surface area contributed by atoms with Crippen molar-refractivity contribution in [1.29, 1.82) is 0 Å². The summed E-state index contributed by atoms with van der Waals surface area (Å²) in [6.45, 7) is 7.07. The molecule has 1 nitrogen and oxygen atoms in total. The van der Waals surface area contributed by atoms with Gasteiger partial charge in [0.15, 0.2) is 0 Å². The first-order chi connectivity index (χ1) is 9.51. The smallest absolute Gasteiger partial charge is 0.0101 e. The van der Waals surface area contributed by atoms with Crippen molar-refractivity contribution < 1.29 is 0 Å². The largest absolute Gasteiger partial charge is 0.317 e. The van der Waals surface area contributed by atoms with Crippen LogP contribution in [0.5, 0.6) is 0 Å². The molecule has 1 N–H and O–H groups in total. The second-order valence-corrected chi connectivity index (χ2v) is 8.00. The first-order valence-corrected chi connectivity index (χ1v) is 8.26. The van der Waals surface area contributed by atoms with Gasteiger partial charge in [-0.3, -0.25) is 0 Å². The fourth-order valence-corrected chi connectivity index (χ4v) is 4.29. The maximum absolute atomic E-state index is 3.62. The van der Waals surface area contributed by atoms with Gasteiger partial charge in [0.25, 0.3) is 0 Å². The van der Waals surface area contributed by atoms with E-state index in [1.807, 2.05) is 0 Å². The Morgan fingerprint density at radius 3 is 2.70 bits per heavy atom. The third kappa shape index (κ3) is 2.65. The molecule has 2 aliphatic carbocycles. The molecule has 20 heavy (non-hydrogen) atoms. The number of nitrogens with one attached hydrogen (secondary N) is 1. The lowest BCUT2D eigenvalue weighted by molar-refractivity contribution is 0.317. The second-order valence-electron chi connectivity index (χ2n) is 8.00. The lowest BCUT2D eigenvalue weighted by atomic mass is 9.87. The minimum Gasteiger partial charge on any atom is -0.317 e. The third-order valence-corrected chi connectivity index (χ3v) is 5.43. The fourth-order valence-electron chi connectivity index (χ4n) is 4.29. The van der Waals surface area contributed by atoms with Crippen molar-refractivity contribution >= 4 is 0 Å². The zero-order valence-corrected chi connectivity index (χ0v) is 13.4.